The molecule has 7 nitrogen and oxygen atoms in total. The first-order valence-corrected chi connectivity index (χ1v) is 11.2. The molecular weight excluding hydrogens is 432 g/mol. The number of carbonyl (C=O) groups is 2. The topological polar surface area (TPSA) is 72.2 Å². The SMILES string of the molecule is Cc1ccc(CN(Cc2ccc3c(c2)OCO3)C(=O)CN(C(=O)C(C)(C)CCl)C(C)C)o1. The zero-order chi connectivity index (χ0) is 23.5. The molecule has 1 aliphatic heterocycles. The summed E-state index contributed by atoms with van der Waals surface area (Å²) in [6, 6.07) is 9.20. The number of alkyl halides is 1. The van der Waals surface area contributed by atoms with E-state index in [9.17, 15) is 9.59 Å². The fourth-order valence-corrected chi connectivity index (χ4v) is 3.54. The highest BCUT2D eigenvalue weighted by Gasteiger charge is 2.34. The molecule has 0 radical (unpaired) electrons. The summed E-state index contributed by atoms with van der Waals surface area (Å²) in [7, 11) is 0. The Labute approximate surface area is 194 Å². The van der Waals surface area contributed by atoms with E-state index in [1.54, 1.807) is 23.6 Å². The number of hydrogen-bond donors (Lipinski definition) is 0. The third-order valence-corrected chi connectivity index (χ3v) is 6.08. The molecule has 0 atom stereocenters. The fraction of sp³-hybridized carbons (Fsp3) is 0.500. The van der Waals surface area contributed by atoms with Crippen LogP contribution < -0.4 is 9.47 Å². The van der Waals surface area contributed by atoms with Gasteiger partial charge in [-0.25, -0.2) is 0 Å². The van der Waals surface area contributed by atoms with E-state index in [0.29, 0.717) is 30.3 Å². The Morgan fingerprint density at radius 3 is 2.44 bits per heavy atom. The van der Waals surface area contributed by atoms with Crippen molar-refractivity contribution in [2.45, 2.75) is 53.8 Å². The zero-order valence-corrected chi connectivity index (χ0v) is 20.1. The van der Waals surface area contributed by atoms with Crippen LogP contribution >= 0.6 is 11.6 Å². The summed E-state index contributed by atoms with van der Waals surface area (Å²) in [5, 5.41) is 0. The third kappa shape index (κ3) is 5.57. The Kier molecular flexibility index (Phi) is 7.39. The molecular formula is C24H31ClN2O5. The average molecular weight is 463 g/mol. The lowest BCUT2D eigenvalue weighted by atomic mass is 9.93. The minimum atomic E-state index is -0.758. The highest BCUT2D eigenvalue weighted by molar-refractivity contribution is 6.19. The Hall–Kier alpha value is -2.67. The van der Waals surface area contributed by atoms with Crippen LogP contribution in [-0.2, 0) is 22.7 Å². The van der Waals surface area contributed by atoms with E-state index in [0.717, 1.165) is 11.3 Å². The van der Waals surface area contributed by atoms with Gasteiger partial charge in [0.1, 0.15) is 18.1 Å². The lowest BCUT2D eigenvalue weighted by molar-refractivity contribution is -0.147. The Morgan fingerprint density at radius 1 is 1.09 bits per heavy atom. The van der Waals surface area contributed by atoms with Crippen LogP contribution in [0.2, 0.25) is 0 Å². The first-order valence-electron chi connectivity index (χ1n) is 10.7. The summed E-state index contributed by atoms with van der Waals surface area (Å²) >= 11 is 6.02. The smallest absolute Gasteiger partial charge is 0.242 e. The predicted molar refractivity (Wildman–Crippen MR) is 122 cm³/mol. The molecule has 0 bridgehead atoms. The number of ether oxygens (including phenoxy) is 2. The lowest BCUT2D eigenvalue weighted by Crippen LogP contribution is -2.50. The normalized spacial score (nSPS) is 12.8. The number of fused-ring (bicyclic) bond motifs is 1. The van der Waals surface area contributed by atoms with E-state index in [1.807, 2.05) is 51.1 Å². The van der Waals surface area contributed by atoms with Crippen molar-refractivity contribution >= 4 is 23.4 Å². The first-order chi connectivity index (χ1) is 15.1. The number of rotatable bonds is 9. The molecule has 0 saturated carbocycles. The second kappa shape index (κ2) is 9.86. The zero-order valence-electron chi connectivity index (χ0n) is 19.3. The molecule has 32 heavy (non-hydrogen) atoms. The van der Waals surface area contributed by atoms with Gasteiger partial charge in [-0.15, -0.1) is 11.6 Å². The fourth-order valence-electron chi connectivity index (χ4n) is 3.43. The van der Waals surface area contributed by atoms with Crippen LogP contribution in [0.15, 0.2) is 34.7 Å². The molecule has 0 saturated heterocycles. The quantitative estimate of drug-likeness (QED) is 0.518. The summed E-state index contributed by atoms with van der Waals surface area (Å²) in [5.74, 6) is 2.66. The van der Waals surface area contributed by atoms with Gasteiger partial charge in [0.25, 0.3) is 0 Å². The van der Waals surface area contributed by atoms with E-state index in [-0.39, 0.29) is 37.1 Å². The third-order valence-electron chi connectivity index (χ3n) is 5.41. The van der Waals surface area contributed by atoms with Gasteiger partial charge in [-0.2, -0.15) is 0 Å². The predicted octanol–water partition coefficient (Wildman–Crippen LogP) is 4.35. The average Bonchev–Trinajstić information content (AvgIpc) is 3.38. The highest BCUT2D eigenvalue weighted by Crippen LogP contribution is 2.33. The van der Waals surface area contributed by atoms with Gasteiger partial charge in [-0.3, -0.25) is 9.59 Å². The molecule has 8 heteroatoms. The first kappa shape index (κ1) is 24.0. The second-order valence-corrected chi connectivity index (χ2v) is 9.26. The molecule has 0 fully saturated rings. The van der Waals surface area contributed by atoms with Crippen LogP contribution in [0.4, 0.5) is 0 Å². The molecule has 0 N–H and O–H groups in total. The van der Waals surface area contributed by atoms with Crippen LogP contribution in [0.5, 0.6) is 11.5 Å². The maximum absolute atomic E-state index is 13.4. The molecule has 0 aliphatic carbocycles. The summed E-state index contributed by atoms with van der Waals surface area (Å²) in [6.45, 7) is 10.0. The number of furan rings is 1. The van der Waals surface area contributed by atoms with Crippen molar-refractivity contribution in [3.63, 3.8) is 0 Å². The van der Waals surface area contributed by atoms with Gasteiger partial charge >= 0.3 is 0 Å². The summed E-state index contributed by atoms with van der Waals surface area (Å²) in [6.07, 6.45) is 0. The van der Waals surface area contributed by atoms with E-state index in [4.69, 9.17) is 25.5 Å². The number of benzene rings is 1. The molecule has 2 amide bonds. The minimum absolute atomic E-state index is 0.0406. The van der Waals surface area contributed by atoms with E-state index in [1.165, 1.54) is 0 Å². The molecule has 1 aliphatic rings. The van der Waals surface area contributed by atoms with Gasteiger partial charge in [0.05, 0.1) is 12.0 Å². The standard InChI is InChI=1S/C24H31ClN2O5/c1-16(2)27(23(29)24(4,5)14-25)13-22(28)26(12-19-8-6-17(3)32-19)11-18-7-9-20-21(10-18)31-15-30-20/h6-10,16H,11-15H2,1-5H3. The number of halogens is 1. The molecule has 0 spiro atoms. The van der Waals surface area contributed by atoms with Gasteiger partial charge in [0.15, 0.2) is 11.5 Å². The van der Waals surface area contributed by atoms with E-state index < -0.39 is 5.41 Å². The molecule has 1 aromatic heterocycles. The number of nitrogens with zero attached hydrogens (tertiary/aromatic N) is 2. The number of hydrogen-bond acceptors (Lipinski definition) is 5. The Morgan fingerprint density at radius 2 is 1.81 bits per heavy atom. The van der Waals surface area contributed by atoms with Crippen molar-refractivity contribution in [3.8, 4) is 11.5 Å². The Bertz CT molecular complexity index is 969. The molecule has 2 heterocycles. The molecule has 0 unspecified atom stereocenters. The minimum Gasteiger partial charge on any atom is -0.464 e. The summed E-state index contributed by atoms with van der Waals surface area (Å²) < 4.78 is 16.6. The molecule has 2 aromatic rings. The van der Waals surface area contributed by atoms with Gasteiger partial charge < -0.3 is 23.7 Å². The molecule has 1 aromatic carbocycles. The number of aryl methyl sites for hydroxylation is 1. The van der Waals surface area contributed by atoms with Crippen LogP contribution in [0.25, 0.3) is 0 Å². The monoisotopic (exact) mass is 462 g/mol. The molecule has 174 valence electrons. The van der Waals surface area contributed by atoms with Gasteiger partial charge in [0, 0.05) is 18.5 Å². The van der Waals surface area contributed by atoms with Crippen molar-refractivity contribution in [2.75, 3.05) is 19.2 Å². The summed E-state index contributed by atoms with van der Waals surface area (Å²) in [4.78, 5) is 29.8. The second-order valence-electron chi connectivity index (χ2n) is 8.99. The largest absolute Gasteiger partial charge is 0.464 e. The number of amides is 2. The maximum atomic E-state index is 13.4. The van der Waals surface area contributed by atoms with Crippen molar-refractivity contribution in [1.29, 1.82) is 0 Å². The van der Waals surface area contributed by atoms with Crippen molar-refractivity contribution < 1.29 is 23.5 Å². The van der Waals surface area contributed by atoms with Gasteiger partial charge in [-0.05, 0) is 64.4 Å². The van der Waals surface area contributed by atoms with Crippen molar-refractivity contribution in [3.05, 3.63) is 47.4 Å². The highest BCUT2D eigenvalue weighted by atomic mass is 35.5. The van der Waals surface area contributed by atoms with Crippen molar-refractivity contribution in [2.24, 2.45) is 5.41 Å². The van der Waals surface area contributed by atoms with Crippen LogP contribution in [0, 0.1) is 12.3 Å². The van der Waals surface area contributed by atoms with Gasteiger partial charge in [0.2, 0.25) is 18.6 Å². The summed E-state index contributed by atoms with van der Waals surface area (Å²) in [5.41, 5.74) is 0.140. The van der Waals surface area contributed by atoms with Crippen LogP contribution in [0.3, 0.4) is 0 Å². The van der Waals surface area contributed by atoms with E-state index >= 15 is 0 Å². The van der Waals surface area contributed by atoms with Crippen LogP contribution in [0.1, 0.15) is 44.8 Å². The maximum Gasteiger partial charge on any atom is 0.242 e. The lowest BCUT2D eigenvalue weighted by Gasteiger charge is -2.34. The number of carbonyl (C=O) groups excluding carboxylic acids is 2. The molecule has 3 rings (SSSR count). The van der Waals surface area contributed by atoms with E-state index in [2.05, 4.69) is 0 Å². The van der Waals surface area contributed by atoms with Crippen molar-refractivity contribution in [1.82, 2.24) is 9.80 Å². The Balaban J connectivity index is 1.82. The van der Waals surface area contributed by atoms with Gasteiger partial charge in [-0.1, -0.05) is 6.07 Å². The van der Waals surface area contributed by atoms with Crippen LogP contribution in [-0.4, -0.2) is 46.9 Å².